The second kappa shape index (κ2) is 6.02. The molecule has 126 valence electrons. The zero-order valence-corrected chi connectivity index (χ0v) is 13.9. The predicted octanol–water partition coefficient (Wildman–Crippen LogP) is 2.02. The monoisotopic (exact) mass is 326 g/mol. The molecule has 1 amide bonds. The van der Waals surface area contributed by atoms with Crippen LogP contribution in [0.25, 0.3) is 0 Å². The Morgan fingerprint density at radius 3 is 2.92 bits per heavy atom. The van der Waals surface area contributed by atoms with Crippen LogP contribution in [0, 0.1) is 6.92 Å². The summed E-state index contributed by atoms with van der Waals surface area (Å²) in [5.41, 5.74) is 1.10. The van der Waals surface area contributed by atoms with Gasteiger partial charge in [0, 0.05) is 32.4 Å². The zero-order valence-electron chi connectivity index (χ0n) is 13.9. The molecular weight excluding hydrogens is 304 g/mol. The van der Waals surface area contributed by atoms with E-state index in [4.69, 9.17) is 4.52 Å². The molecule has 1 spiro atoms. The Bertz CT molecular complexity index is 730. The molecular formula is C18H22N4O2. The highest BCUT2D eigenvalue weighted by atomic mass is 16.5. The topological polar surface area (TPSA) is 71.3 Å². The van der Waals surface area contributed by atoms with E-state index in [9.17, 15) is 4.79 Å². The molecule has 1 N–H and O–H groups in total. The number of hydrogen-bond acceptors (Lipinski definition) is 5. The molecule has 0 radical (unpaired) electrons. The molecule has 6 heteroatoms. The maximum absolute atomic E-state index is 12.1. The molecule has 3 heterocycles. The molecule has 6 nitrogen and oxygen atoms in total. The van der Waals surface area contributed by atoms with E-state index in [0.717, 1.165) is 25.9 Å². The molecule has 4 rings (SSSR count). The van der Waals surface area contributed by atoms with Crippen LogP contribution in [0.2, 0.25) is 0 Å². The van der Waals surface area contributed by atoms with Crippen molar-refractivity contribution in [1.82, 2.24) is 20.4 Å². The van der Waals surface area contributed by atoms with Gasteiger partial charge in [-0.25, -0.2) is 0 Å². The number of rotatable bonds is 3. The van der Waals surface area contributed by atoms with Crippen LogP contribution in [0.5, 0.6) is 0 Å². The van der Waals surface area contributed by atoms with Crippen LogP contribution in [-0.4, -0.2) is 39.6 Å². The summed E-state index contributed by atoms with van der Waals surface area (Å²) in [7, 11) is 0. The Hall–Kier alpha value is -2.21. The van der Waals surface area contributed by atoms with Crippen LogP contribution in [0.3, 0.4) is 0 Å². The van der Waals surface area contributed by atoms with E-state index < -0.39 is 0 Å². The number of carbonyl (C=O) groups excluding carboxylic acids is 1. The van der Waals surface area contributed by atoms with Gasteiger partial charge >= 0.3 is 0 Å². The third-order valence-electron chi connectivity index (χ3n) is 5.17. The predicted molar refractivity (Wildman–Crippen MR) is 88.2 cm³/mol. The summed E-state index contributed by atoms with van der Waals surface area (Å²) in [6, 6.07) is 10.5. The molecule has 2 aromatic rings. The summed E-state index contributed by atoms with van der Waals surface area (Å²) in [5, 5.41) is 7.33. The number of nitrogens with one attached hydrogen (secondary N) is 1. The molecule has 0 bridgehead atoms. The molecule has 0 aliphatic carbocycles. The third kappa shape index (κ3) is 2.82. The zero-order chi connectivity index (χ0) is 16.6. The first kappa shape index (κ1) is 15.3. The number of piperidine rings is 1. The normalized spacial score (nSPS) is 27.5. The van der Waals surface area contributed by atoms with Crippen molar-refractivity contribution in [2.24, 2.45) is 0 Å². The Morgan fingerprint density at radius 2 is 2.21 bits per heavy atom. The van der Waals surface area contributed by atoms with Gasteiger partial charge in [0.25, 0.3) is 0 Å². The van der Waals surface area contributed by atoms with Gasteiger partial charge in [-0.05, 0) is 18.4 Å². The van der Waals surface area contributed by atoms with E-state index in [1.165, 1.54) is 5.56 Å². The molecule has 0 saturated carbocycles. The molecule has 24 heavy (non-hydrogen) atoms. The highest BCUT2D eigenvalue weighted by Crippen LogP contribution is 2.41. The molecule has 1 aromatic carbocycles. The second-order valence-corrected chi connectivity index (χ2v) is 6.92. The molecule has 2 fully saturated rings. The SMILES string of the molecule is Cc1nc(CN2C[C@@H](c3ccccc3)[C@@]3(CCCC(=O)N3)C2)no1. The largest absolute Gasteiger partial charge is 0.349 e. The van der Waals surface area contributed by atoms with Crippen molar-refractivity contribution >= 4 is 5.91 Å². The van der Waals surface area contributed by atoms with Gasteiger partial charge in [-0.1, -0.05) is 35.5 Å². The van der Waals surface area contributed by atoms with Crippen molar-refractivity contribution in [2.75, 3.05) is 13.1 Å². The van der Waals surface area contributed by atoms with Gasteiger partial charge in [-0.15, -0.1) is 0 Å². The minimum Gasteiger partial charge on any atom is -0.349 e. The number of aromatic nitrogens is 2. The fourth-order valence-corrected chi connectivity index (χ4v) is 4.19. The standard InChI is InChI=1S/C18H22N4O2/c1-13-19-16(21-24-13)11-22-10-15(14-6-3-2-4-7-14)18(12-22)9-5-8-17(23)20-18/h2-4,6-7,15H,5,8-12H2,1H3,(H,20,23)/t15-,18+/m0/s1. The van der Waals surface area contributed by atoms with Gasteiger partial charge in [0.15, 0.2) is 5.82 Å². The first-order chi connectivity index (χ1) is 11.6. The summed E-state index contributed by atoms with van der Waals surface area (Å²) in [5.74, 6) is 1.75. The van der Waals surface area contributed by atoms with Crippen LogP contribution < -0.4 is 5.32 Å². The van der Waals surface area contributed by atoms with Gasteiger partial charge in [0.1, 0.15) is 0 Å². The average molecular weight is 326 g/mol. The summed E-state index contributed by atoms with van der Waals surface area (Å²) in [6.07, 6.45) is 2.59. The Labute approximate surface area is 141 Å². The molecule has 2 saturated heterocycles. The van der Waals surface area contributed by atoms with Gasteiger partial charge in [0.05, 0.1) is 12.1 Å². The summed E-state index contributed by atoms with van der Waals surface area (Å²) >= 11 is 0. The lowest BCUT2D eigenvalue weighted by molar-refractivity contribution is -0.125. The third-order valence-corrected chi connectivity index (χ3v) is 5.17. The maximum Gasteiger partial charge on any atom is 0.223 e. The summed E-state index contributed by atoms with van der Waals surface area (Å²) in [4.78, 5) is 18.7. The van der Waals surface area contributed by atoms with Crippen molar-refractivity contribution in [2.45, 2.75) is 44.2 Å². The molecule has 2 aliphatic heterocycles. The van der Waals surface area contributed by atoms with E-state index in [0.29, 0.717) is 24.7 Å². The highest BCUT2D eigenvalue weighted by molar-refractivity contribution is 5.78. The van der Waals surface area contributed by atoms with Gasteiger partial charge in [-0.2, -0.15) is 4.98 Å². The second-order valence-electron chi connectivity index (χ2n) is 6.92. The summed E-state index contributed by atoms with van der Waals surface area (Å²) in [6.45, 7) is 4.16. The Balaban J connectivity index is 1.61. The minimum atomic E-state index is -0.185. The van der Waals surface area contributed by atoms with Crippen molar-refractivity contribution < 1.29 is 9.32 Å². The Kier molecular flexibility index (Phi) is 3.84. The number of likely N-dealkylation sites (tertiary alicyclic amines) is 1. The van der Waals surface area contributed by atoms with E-state index >= 15 is 0 Å². The molecule has 2 aliphatic rings. The summed E-state index contributed by atoms with van der Waals surface area (Å²) < 4.78 is 5.08. The number of benzene rings is 1. The first-order valence-corrected chi connectivity index (χ1v) is 8.52. The van der Waals surface area contributed by atoms with Crippen LogP contribution in [0.15, 0.2) is 34.9 Å². The number of hydrogen-bond donors (Lipinski definition) is 1. The van der Waals surface area contributed by atoms with E-state index in [1.54, 1.807) is 6.92 Å². The number of amides is 1. The van der Waals surface area contributed by atoms with Crippen LogP contribution >= 0.6 is 0 Å². The Morgan fingerprint density at radius 1 is 1.38 bits per heavy atom. The minimum absolute atomic E-state index is 0.166. The van der Waals surface area contributed by atoms with Gasteiger partial charge < -0.3 is 9.84 Å². The van der Waals surface area contributed by atoms with E-state index in [2.05, 4.69) is 44.6 Å². The van der Waals surface area contributed by atoms with Crippen LogP contribution in [-0.2, 0) is 11.3 Å². The van der Waals surface area contributed by atoms with Gasteiger partial charge in [0.2, 0.25) is 11.8 Å². The maximum atomic E-state index is 12.1. The quantitative estimate of drug-likeness (QED) is 0.934. The van der Waals surface area contributed by atoms with E-state index in [-0.39, 0.29) is 17.4 Å². The van der Waals surface area contributed by atoms with E-state index in [1.807, 2.05) is 6.07 Å². The average Bonchev–Trinajstić information content (AvgIpc) is 3.12. The molecule has 1 aromatic heterocycles. The van der Waals surface area contributed by atoms with Crippen LogP contribution in [0.1, 0.15) is 42.5 Å². The number of nitrogens with zero attached hydrogens (tertiary/aromatic N) is 3. The molecule has 0 unspecified atom stereocenters. The fraction of sp³-hybridized carbons (Fsp3) is 0.500. The van der Waals surface area contributed by atoms with Crippen molar-refractivity contribution in [3.05, 3.63) is 47.6 Å². The number of carbonyl (C=O) groups is 1. The lowest BCUT2D eigenvalue weighted by Crippen LogP contribution is -2.56. The van der Waals surface area contributed by atoms with Crippen molar-refractivity contribution in [3.63, 3.8) is 0 Å². The fourth-order valence-electron chi connectivity index (χ4n) is 4.19. The van der Waals surface area contributed by atoms with Crippen molar-refractivity contribution in [1.29, 1.82) is 0 Å². The smallest absolute Gasteiger partial charge is 0.223 e. The first-order valence-electron chi connectivity index (χ1n) is 8.52. The van der Waals surface area contributed by atoms with Crippen molar-refractivity contribution in [3.8, 4) is 0 Å². The van der Waals surface area contributed by atoms with Crippen LogP contribution in [0.4, 0.5) is 0 Å². The molecule has 2 atom stereocenters. The number of aryl methyl sites for hydroxylation is 1. The van der Waals surface area contributed by atoms with Gasteiger partial charge in [-0.3, -0.25) is 9.69 Å². The lowest BCUT2D eigenvalue weighted by atomic mass is 9.76. The lowest BCUT2D eigenvalue weighted by Gasteiger charge is -2.39. The highest BCUT2D eigenvalue weighted by Gasteiger charge is 2.49.